The molecule has 174 valence electrons. The van der Waals surface area contributed by atoms with Crippen LogP contribution in [0.15, 0.2) is 30.3 Å². The van der Waals surface area contributed by atoms with Crippen molar-refractivity contribution in [3.63, 3.8) is 0 Å². The molecule has 1 aromatic carbocycles. The zero-order valence-corrected chi connectivity index (χ0v) is 20.2. The molecule has 33 heavy (non-hydrogen) atoms. The maximum absolute atomic E-state index is 12.6. The number of hydrogen-bond acceptors (Lipinski definition) is 7. The standard InChI is InChI=1S/C25H31N5O2S/c1-17-18(2)33-25-22(17)23(27-21(28-25)16-29-12-14-32-15-13-29)30-10-8-20(9-11-30)26-24(31)19-6-4-3-5-7-19/h3-7,20H,8-16H2,1-2H3,(H,26,31). The van der Waals surface area contributed by atoms with Crippen molar-refractivity contribution in [1.82, 2.24) is 20.2 Å². The number of thiophene rings is 1. The highest BCUT2D eigenvalue weighted by atomic mass is 32.1. The fraction of sp³-hybridized carbons (Fsp3) is 0.480. The van der Waals surface area contributed by atoms with Crippen molar-refractivity contribution >= 4 is 33.3 Å². The molecule has 0 saturated carbocycles. The molecule has 2 aliphatic heterocycles. The number of rotatable bonds is 5. The molecule has 0 spiro atoms. The quantitative estimate of drug-likeness (QED) is 0.622. The summed E-state index contributed by atoms with van der Waals surface area (Å²) in [4.78, 5) is 29.7. The number of carbonyl (C=O) groups excluding carboxylic acids is 1. The monoisotopic (exact) mass is 465 g/mol. The van der Waals surface area contributed by atoms with Gasteiger partial charge in [-0.1, -0.05) is 18.2 Å². The molecular formula is C25H31N5O2S. The van der Waals surface area contributed by atoms with E-state index < -0.39 is 0 Å². The fourth-order valence-electron chi connectivity index (χ4n) is 4.62. The number of hydrogen-bond donors (Lipinski definition) is 1. The molecular weight excluding hydrogens is 434 g/mol. The molecule has 2 saturated heterocycles. The summed E-state index contributed by atoms with van der Waals surface area (Å²) < 4.78 is 5.49. The maximum atomic E-state index is 12.6. The van der Waals surface area contributed by atoms with Gasteiger partial charge in [0.15, 0.2) is 0 Å². The molecule has 0 atom stereocenters. The lowest BCUT2D eigenvalue weighted by atomic mass is 10.0. The summed E-state index contributed by atoms with van der Waals surface area (Å²) in [5.74, 6) is 1.95. The molecule has 0 unspecified atom stereocenters. The number of nitrogens with one attached hydrogen (secondary N) is 1. The lowest BCUT2D eigenvalue weighted by molar-refractivity contribution is 0.0331. The van der Waals surface area contributed by atoms with Crippen LogP contribution in [-0.4, -0.2) is 66.2 Å². The number of amides is 1. The summed E-state index contributed by atoms with van der Waals surface area (Å²) in [6.45, 7) is 10.2. The number of nitrogens with zero attached hydrogens (tertiary/aromatic N) is 4. The highest BCUT2D eigenvalue weighted by molar-refractivity contribution is 7.18. The molecule has 0 bridgehead atoms. The number of aryl methyl sites for hydroxylation is 2. The molecule has 2 fully saturated rings. The van der Waals surface area contributed by atoms with Crippen LogP contribution in [0, 0.1) is 13.8 Å². The molecule has 7 nitrogen and oxygen atoms in total. The van der Waals surface area contributed by atoms with Crippen molar-refractivity contribution in [2.75, 3.05) is 44.3 Å². The Morgan fingerprint density at radius 1 is 1.09 bits per heavy atom. The summed E-state index contributed by atoms with van der Waals surface area (Å²) in [5.41, 5.74) is 2.00. The van der Waals surface area contributed by atoms with Gasteiger partial charge < -0.3 is 15.0 Å². The number of piperidine rings is 1. The Morgan fingerprint density at radius 2 is 1.82 bits per heavy atom. The molecule has 3 aromatic rings. The molecule has 1 amide bonds. The highest BCUT2D eigenvalue weighted by Crippen LogP contribution is 2.36. The van der Waals surface area contributed by atoms with Gasteiger partial charge in [-0.15, -0.1) is 11.3 Å². The van der Waals surface area contributed by atoms with Gasteiger partial charge in [0.25, 0.3) is 5.91 Å². The summed E-state index contributed by atoms with van der Waals surface area (Å²) in [7, 11) is 0. The van der Waals surface area contributed by atoms with Gasteiger partial charge in [-0.2, -0.15) is 0 Å². The Morgan fingerprint density at radius 3 is 2.55 bits per heavy atom. The first kappa shape index (κ1) is 22.3. The third kappa shape index (κ3) is 4.88. The second-order valence-electron chi connectivity index (χ2n) is 8.92. The summed E-state index contributed by atoms with van der Waals surface area (Å²) in [6.07, 6.45) is 1.82. The van der Waals surface area contributed by atoms with Gasteiger partial charge in [-0.05, 0) is 44.4 Å². The van der Waals surface area contributed by atoms with Gasteiger partial charge in [0, 0.05) is 42.7 Å². The Hall–Kier alpha value is -2.55. The second kappa shape index (κ2) is 9.75. The van der Waals surface area contributed by atoms with Gasteiger partial charge in [-0.3, -0.25) is 9.69 Å². The normalized spacial score (nSPS) is 18.1. The predicted octanol–water partition coefficient (Wildman–Crippen LogP) is 3.54. The summed E-state index contributed by atoms with van der Waals surface area (Å²) in [5, 5.41) is 4.40. The van der Waals surface area contributed by atoms with Crippen molar-refractivity contribution in [3.8, 4) is 0 Å². The topological polar surface area (TPSA) is 70.6 Å². The fourth-order valence-corrected chi connectivity index (χ4v) is 5.67. The summed E-state index contributed by atoms with van der Waals surface area (Å²) in [6, 6.07) is 9.64. The van der Waals surface area contributed by atoms with Gasteiger partial charge in [-0.25, -0.2) is 9.97 Å². The Balaban J connectivity index is 1.33. The molecule has 5 rings (SSSR count). The Labute approximate surface area is 198 Å². The van der Waals surface area contributed by atoms with E-state index in [0.717, 1.165) is 80.8 Å². The number of ether oxygens (including phenoxy) is 1. The van der Waals surface area contributed by atoms with E-state index in [1.807, 2.05) is 30.3 Å². The SMILES string of the molecule is Cc1sc2nc(CN3CCOCC3)nc(N3CCC(NC(=O)c4ccccc4)CC3)c2c1C. The first-order chi connectivity index (χ1) is 16.1. The van der Waals surface area contributed by atoms with E-state index in [1.54, 1.807) is 11.3 Å². The van der Waals surface area contributed by atoms with Crippen molar-refractivity contribution in [2.24, 2.45) is 0 Å². The van der Waals surface area contributed by atoms with Crippen LogP contribution in [0.4, 0.5) is 5.82 Å². The minimum atomic E-state index is 0.00979. The number of anilines is 1. The first-order valence-corrected chi connectivity index (χ1v) is 12.6. The zero-order valence-electron chi connectivity index (χ0n) is 19.3. The average Bonchev–Trinajstić information content (AvgIpc) is 3.13. The highest BCUT2D eigenvalue weighted by Gasteiger charge is 2.26. The van der Waals surface area contributed by atoms with E-state index in [1.165, 1.54) is 15.8 Å². The van der Waals surface area contributed by atoms with Crippen molar-refractivity contribution in [2.45, 2.75) is 39.3 Å². The summed E-state index contributed by atoms with van der Waals surface area (Å²) >= 11 is 1.76. The number of benzene rings is 1. The molecule has 8 heteroatoms. The van der Waals surface area contributed by atoms with Crippen LogP contribution in [0.25, 0.3) is 10.2 Å². The molecule has 0 aliphatic carbocycles. The number of aromatic nitrogens is 2. The minimum absolute atomic E-state index is 0.00979. The molecule has 2 aliphatic rings. The van der Waals surface area contributed by atoms with Crippen LogP contribution in [-0.2, 0) is 11.3 Å². The lowest BCUT2D eigenvalue weighted by Gasteiger charge is -2.34. The van der Waals surface area contributed by atoms with Crippen molar-refractivity contribution in [3.05, 3.63) is 52.2 Å². The van der Waals surface area contributed by atoms with Crippen LogP contribution in [0.1, 0.15) is 39.5 Å². The number of carbonyl (C=O) groups is 1. The smallest absolute Gasteiger partial charge is 0.251 e. The molecule has 1 N–H and O–H groups in total. The molecule has 4 heterocycles. The largest absolute Gasteiger partial charge is 0.379 e. The Bertz CT molecular complexity index is 1120. The van der Waals surface area contributed by atoms with E-state index in [4.69, 9.17) is 14.7 Å². The third-order valence-electron chi connectivity index (χ3n) is 6.69. The zero-order chi connectivity index (χ0) is 22.8. The third-order valence-corrected chi connectivity index (χ3v) is 7.79. The average molecular weight is 466 g/mol. The molecule has 0 radical (unpaired) electrons. The second-order valence-corrected chi connectivity index (χ2v) is 10.1. The van der Waals surface area contributed by atoms with E-state index in [-0.39, 0.29) is 11.9 Å². The van der Waals surface area contributed by atoms with Crippen LogP contribution in [0.5, 0.6) is 0 Å². The predicted molar refractivity (Wildman–Crippen MR) is 132 cm³/mol. The van der Waals surface area contributed by atoms with Crippen LogP contribution < -0.4 is 10.2 Å². The van der Waals surface area contributed by atoms with Crippen molar-refractivity contribution in [1.29, 1.82) is 0 Å². The molecule has 2 aromatic heterocycles. The van der Waals surface area contributed by atoms with E-state index in [0.29, 0.717) is 0 Å². The number of fused-ring (bicyclic) bond motifs is 1. The Kier molecular flexibility index (Phi) is 6.57. The van der Waals surface area contributed by atoms with Gasteiger partial charge in [0.1, 0.15) is 16.5 Å². The lowest BCUT2D eigenvalue weighted by Crippen LogP contribution is -2.45. The number of morpholine rings is 1. The van der Waals surface area contributed by atoms with Gasteiger partial charge >= 0.3 is 0 Å². The van der Waals surface area contributed by atoms with Gasteiger partial charge in [0.2, 0.25) is 0 Å². The van der Waals surface area contributed by atoms with Crippen LogP contribution in [0.2, 0.25) is 0 Å². The van der Waals surface area contributed by atoms with Gasteiger partial charge in [0.05, 0.1) is 25.1 Å². The van der Waals surface area contributed by atoms with Crippen LogP contribution >= 0.6 is 11.3 Å². The van der Waals surface area contributed by atoms with E-state index in [2.05, 4.69) is 29.0 Å². The maximum Gasteiger partial charge on any atom is 0.251 e. The first-order valence-electron chi connectivity index (χ1n) is 11.8. The van der Waals surface area contributed by atoms with E-state index >= 15 is 0 Å². The minimum Gasteiger partial charge on any atom is -0.379 e. The van der Waals surface area contributed by atoms with E-state index in [9.17, 15) is 4.79 Å². The van der Waals surface area contributed by atoms with Crippen LogP contribution in [0.3, 0.4) is 0 Å². The van der Waals surface area contributed by atoms with Crippen molar-refractivity contribution < 1.29 is 9.53 Å².